The van der Waals surface area contributed by atoms with E-state index < -0.39 is 20.0 Å². The van der Waals surface area contributed by atoms with Crippen LogP contribution >= 0.6 is 7.82 Å². The number of aliphatic hydroxyl groups is 1. The van der Waals surface area contributed by atoms with Crippen LogP contribution in [0.1, 0.15) is 226 Å². The minimum absolute atomic E-state index is 0.00189. The first-order valence-corrected chi connectivity index (χ1v) is 25.0. The average Bonchev–Trinajstić information content (AvgIpc) is 3.13. The third kappa shape index (κ3) is 41.2. The molecule has 55 heavy (non-hydrogen) atoms. The van der Waals surface area contributed by atoms with E-state index in [0.717, 1.165) is 38.5 Å². The van der Waals surface area contributed by atoms with E-state index in [2.05, 4.69) is 19.2 Å². The largest absolute Gasteiger partial charge is 0.756 e. The Labute approximate surface area is 342 Å². The highest BCUT2D eigenvalue weighted by molar-refractivity contribution is 7.45. The van der Waals surface area contributed by atoms with E-state index in [0.29, 0.717) is 17.4 Å². The standard InChI is InChI=1S/C46H93N2O6P/c1-6-8-10-12-14-16-18-19-20-21-22-23-24-25-26-27-28-29-30-32-34-36-38-40-46(50)47-44(43-54-55(51,52)53-42-41-48(3,4)5)45(49)39-37-35-33-31-17-15-13-11-9-7-2/h37,39,44-45,49H,6-36,38,40-43H2,1-5H3,(H-,47,50,51,52)/b39-37+/t44-,45+/m0/s1. The van der Waals surface area contributed by atoms with Crippen molar-refractivity contribution >= 4 is 13.7 Å². The summed E-state index contributed by atoms with van der Waals surface area (Å²) in [6.07, 6.45) is 44.1. The summed E-state index contributed by atoms with van der Waals surface area (Å²) in [6.45, 7) is 4.64. The van der Waals surface area contributed by atoms with Crippen molar-refractivity contribution in [1.29, 1.82) is 0 Å². The molecule has 0 heterocycles. The Morgan fingerprint density at radius 1 is 0.618 bits per heavy atom. The minimum Gasteiger partial charge on any atom is -0.756 e. The maximum absolute atomic E-state index is 12.8. The lowest BCUT2D eigenvalue weighted by Crippen LogP contribution is -2.45. The second kappa shape index (κ2) is 38.7. The number of carbonyl (C=O) groups excluding carboxylic acids is 1. The molecule has 1 amide bonds. The van der Waals surface area contributed by atoms with Gasteiger partial charge in [-0.05, 0) is 19.3 Å². The van der Waals surface area contributed by atoms with Crippen molar-refractivity contribution in [2.45, 2.75) is 238 Å². The van der Waals surface area contributed by atoms with Crippen molar-refractivity contribution < 1.29 is 32.9 Å². The average molecular weight is 801 g/mol. The van der Waals surface area contributed by atoms with Crippen molar-refractivity contribution in [3.05, 3.63) is 12.2 Å². The van der Waals surface area contributed by atoms with E-state index in [9.17, 15) is 19.4 Å². The lowest BCUT2D eigenvalue weighted by molar-refractivity contribution is -0.870. The summed E-state index contributed by atoms with van der Waals surface area (Å²) in [4.78, 5) is 25.3. The van der Waals surface area contributed by atoms with Crippen molar-refractivity contribution in [2.75, 3.05) is 40.9 Å². The van der Waals surface area contributed by atoms with Gasteiger partial charge in [0.05, 0.1) is 39.9 Å². The molecular weight excluding hydrogens is 707 g/mol. The monoisotopic (exact) mass is 801 g/mol. The normalized spacial score (nSPS) is 14.4. The van der Waals surface area contributed by atoms with Crippen LogP contribution in [0.3, 0.4) is 0 Å². The maximum Gasteiger partial charge on any atom is 0.268 e. The van der Waals surface area contributed by atoms with E-state index in [1.54, 1.807) is 6.08 Å². The van der Waals surface area contributed by atoms with Crippen LogP contribution in [0.4, 0.5) is 0 Å². The summed E-state index contributed by atoms with van der Waals surface area (Å²) in [5.74, 6) is -0.195. The summed E-state index contributed by atoms with van der Waals surface area (Å²) >= 11 is 0. The molecule has 0 fully saturated rings. The van der Waals surface area contributed by atoms with Gasteiger partial charge in [0.1, 0.15) is 13.2 Å². The first-order valence-electron chi connectivity index (χ1n) is 23.6. The number of phosphoric acid groups is 1. The van der Waals surface area contributed by atoms with Crippen molar-refractivity contribution in [3.63, 3.8) is 0 Å². The second-order valence-corrected chi connectivity index (χ2v) is 18.9. The quantitative estimate of drug-likeness (QED) is 0.0275. The highest BCUT2D eigenvalue weighted by Gasteiger charge is 2.23. The molecule has 0 saturated carbocycles. The molecule has 1 unspecified atom stereocenters. The molecule has 8 nitrogen and oxygen atoms in total. The van der Waals surface area contributed by atoms with Crippen LogP contribution in [-0.2, 0) is 18.4 Å². The van der Waals surface area contributed by atoms with Gasteiger partial charge in [-0.1, -0.05) is 212 Å². The number of aliphatic hydroxyl groups excluding tert-OH is 1. The zero-order chi connectivity index (χ0) is 40.7. The fourth-order valence-corrected chi connectivity index (χ4v) is 7.70. The number of unbranched alkanes of at least 4 members (excludes halogenated alkanes) is 30. The molecule has 0 rings (SSSR count). The lowest BCUT2D eigenvalue weighted by Gasteiger charge is -2.29. The zero-order valence-electron chi connectivity index (χ0n) is 37.1. The van der Waals surface area contributed by atoms with Gasteiger partial charge in [-0.15, -0.1) is 0 Å². The number of rotatable bonds is 43. The van der Waals surface area contributed by atoms with Gasteiger partial charge in [-0.25, -0.2) is 0 Å². The van der Waals surface area contributed by atoms with E-state index >= 15 is 0 Å². The molecule has 9 heteroatoms. The molecule has 2 N–H and O–H groups in total. The van der Waals surface area contributed by atoms with Gasteiger partial charge in [0, 0.05) is 6.42 Å². The highest BCUT2D eigenvalue weighted by Crippen LogP contribution is 2.38. The summed E-state index contributed by atoms with van der Waals surface area (Å²) in [5, 5.41) is 13.7. The number of hydrogen-bond acceptors (Lipinski definition) is 6. The van der Waals surface area contributed by atoms with Crippen molar-refractivity contribution in [2.24, 2.45) is 0 Å². The predicted molar refractivity (Wildman–Crippen MR) is 233 cm³/mol. The first kappa shape index (κ1) is 54.2. The SMILES string of the molecule is CCCCCCCCCC/C=C/[C@@H](O)[C@H](COP(=O)([O-])OCC[N+](C)(C)C)NC(=O)CCCCCCCCCCCCCCCCCCCCCCCCC. The first-order chi connectivity index (χ1) is 26.5. The van der Waals surface area contributed by atoms with Crippen LogP contribution in [-0.4, -0.2) is 68.5 Å². The minimum atomic E-state index is -4.58. The fraction of sp³-hybridized carbons (Fsp3) is 0.935. The molecule has 3 atom stereocenters. The summed E-state index contributed by atoms with van der Waals surface area (Å²) in [6, 6.07) is -0.879. The van der Waals surface area contributed by atoms with Gasteiger partial charge < -0.3 is 28.8 Å². The molecule has 0 aromatic heterocycles. The molecule has 0 saturated heterocycles. The number of carbonyl (C=O) groups is 1. The Kier molecular flexibility index (Phi) is 38.2. The second-order valence-electron chi connectivity index (χ2n) is 17.5. The van der Waals surface area contributed by atoms with Crippen LogP contribution in [0.15, 0.2) is 12.2 Å². The van der Waals surface area contributed by atoms with Crippen LogP contribution in [0.5, 0.6) is 0 Å². The summed E-state index contributed by atoms with van der Waals surface area (Å²) < 4.78 is 23.2. The Hall–Kier alpha value is -0.760. The van der Waals surface area contributed by atoms with Gasteiger partial charge in [-0.3, -0.25) is 9.36 Å². The molecular formula is C46H93N2O6P. The number of amides is 1. The third-order valence-corrected chi connectivity index (χ3v) is 11.7. The number of phosphoric ester groups is 1. The lowest BCUT2D eigenvalue weighted by atomic mass is 10.0. The highest BCUT2D eigenvalue weighted by atomic mass is 31.2. The van der Waals surface area contributed by atoms with Gasteiger partial charge >= 0.3 is 0 Å². The molecule has 0 bridgehead atoms. The van der Waals surface area contributed by atoms with Crippen LogP contribution < -0.4 is 10.2 Å². The maximum atomic E-state index is 12.8. The fourth-order valence-electron chi connectivity index (χ4n) is 6.98. The molecule has 328 valence electrons. The van der Waals surface area contributed by atoms with Gasteiger partial charge in [0.25, 0.3) is 7.82 Å². The Bertz CT molecular complexity index is 911. The summed E-state index contributed by atoms with van der Waals surface area (Å²) in [5.41, 5.74) is 0. The van der Waals surface area contributed by atoms with E-state index in [1.807, 2.05) is 27.2 Å². The Morgan fingerprint density at radius 3 is 1.36 bits per heavy atom. The third-order valence-electron chi connectivity index (χ3n) is 10.7. The molecule has 0 spiro atoms. The van der Waals surface area contributed by atoms with E-state index in [4.69, 9.17) is 9.05 Å². The van der Waals surface area contributed by atoms with Crippen LogP contribution in [0.2, 0.25) is 0 Å². The van der Waals surface area contributed by atoms with Crippen molar-refractivity contribution in [1.82, 2.24) is 5.32 Å². The number of likely N-dealkylation sites (N-methyl/N-ethyl adjacent to an activating group) is 1. The van der Waals surface area contributed by atoms with E-state index in [1.165, 1.54) is 167 Å². The number of hydrogen-bond donors (Lipinski definition) is 2. The van der Waals surface area contributed by atoms with Gasteiger partial charge in [0.15, 0.2) is 0 Å². The van der Waals surface area contributed by atoms with Gasteiger partial charge in [-0.2, -0.15) is 0 Å². The predicted octanol–water partition coefficient (Wildman–Crippen LogP) is 12.5. The number of allylic oxidation sites excluding steroid dienone is 1. The Morgan fingerprint density at radius 2 is 0.982 bits per heavy atom. The molecule has 0 aliphatic rings. The molecule has 0 aromatic carbocycles. The number of nitrogens with one attached hydrogen (secondary N) is 1. The summed E-state index contributed by atoms with van der Waals surface area (Å²) in [7, 11) is 1.27. The zero-order valence-corrected chi connectivity index (χ0v) is 38.0. The molecule has 0 aromatic rings. The molecule has 0 radical (unpaired) electrons. The van der Waals surface area contributed by atoms with Crippen molar-refractivity contribution in [3.8, 4) is 0 Å². The van der Waals surface area contributed by atoms with Crippen LogP contribution in [0, 0.1) is 0 Å². The van der Waals surface area contributed by atoms with Gasteiger partial charge in [0.2, 0.25) is 5.91 Å². The molecule has 0 aliphatic heterocycles. The smallest absolute Gasteiger partial charge is 0.268 e. The number of nitrogens with zero attached hydrogens (tertiary/aromatic N) is 1. The molecule has 0 aliphatic carbocycles. The van der Waals surface area contributed by atoms with Crippen LogP contribution in [0.25, 0.3) is 0 Å². The Balaban J connectivity index is 4.16. The number of quaternary nitrogens is 1. The topological polar surface area (TPSA) is 108 Å². The van der Waals surface area contributed by atoms with E-state index in [-0.39, 0.29) is 19.1 Å².